The van der Waals surface area contributed by atoms with E-state index in [0.29, 0.717) is 24.2 Å². The molecular formula is C18H21NO6. The molecule has 0 N–H and O–H groups in total. The molecule has 2 rings (SSSR count). The second kappa shape index (κ2) is 8.86. The molecule has 0 aliphatic heterocycles. The van der Waals surface area contributed by atoms with E-state index < -0.39 is 23.8 Å². The summed E-state index contributed by atoms with van der Waals surface area (Å²) in [5.74, 6) is -1.61. The summed E-state index contributed by atoms with van der Waals surface area (Å²) in [5, 5.41) is 10.8. The summed E-state index contributed by atoms with van der Waals surface area (Å²) in [7, 11) is 1.56. The Morgan fingerprint density at radius 3 is 2.64 bits per heavy atom. The van der Waals surface area contributed by atoms with Gasteiger partial charge in [0.2, 0.25) is 0 Å². The molecule has 7 nitrogen and oxygen atoms in total. The van der Waals surface area contributed by atoms with Crippen molar-refractivity contribution in [3.63, 3.8) is 0 Å². The van der Waals surface area contributed by atoms with Crippen LogP contribution in [-0.2, 0) is 14.4 Å². The number of hydrogen-bond acceptors (Lipinski definition) is 6. The second-order valence-corrected chi connectivity index (χ2v) is 5.34. The van der Waals surface area contributed by atoms with Gasteiger partial charge in [-0.05, 0) is 48.2 Å². The Labute approximate surface area is 149 Å². The van der Waals surface area contributed by atoms with Gasteiger partial charge in [-0.2, -0.15) is 0 Å². The molecule has 7 heteroatoms. The Balaban J connectivity index is 2.09. The minimum atomic E-state index is -2.58. The molecule has 0 saturated heterocycles. The van der Waals surface area contributed by atoms with Gasteiger partial charge in [0.05, 0.1) is 26.2 Å². The minimum absolute atomic E-state index is 0.0444. The van der Waals surface area contributed by atoms with Crippen LogP contribution in [-0.4, -0.2) is 31.4 Å². The summed E-state index contributed by atoms with van der Waals surface area (Å²) in [5.41, 5.74) is 0.333. The van der Waals surface area contributed by atoms with E-state index in [1.54, 1.807) is 37.4 Å². The highest BCUT2D eigenvalue weighted by Gasteiger charge is 2.17. The fraction of sp³-hybridized carbons (Fsp3) is 0.389. The summed E-state index contributed by atoms with van der Waals surface area (Å²) >= 11 is 0. The van der Waals surface area contributed by atoms with Crippen LogP contribution in [0.25, 0.3) is 10.8 Å². The molecule has 2 aromatic carbocycles. The lowest BCUT2D eigenvalue weighted by atomic mass is 9.98. The van der Waals surface area contributed by atoms with Crippen molar-refractivity contribution in [3.05, 3.63) is 52.1 Å². The predicted molar refractivity (Wildman–Crippen MR) is 92.1 cm³/mol. The highest BCUT2D eigenvalue weighted by atomic mass is 16.9. The van der Waals surface area contributed by atoms with Gasteiger partial charge in [0.25, 0.3) is 5.09 Å². The number of nitrogens with zero attached hydrogens (tertiary/aromatic N) is 1. The van der Waals surface area contributed by atoms with E-state index in [1.807, 2.05) is 6.07 Å². The molecule has 0 radical (unpaired) electrons. The second-order valence-electron chi connectivity index (χ2n) is 5.34. The number of methoxy groups -OCH3 is 1. The van der Waals surface area contributed by atoms with Crippen LogP contribution in [0.5, 0.6) is 5.75 Å². The first-order valence-electron chi connectivity index (χ1n) is 9.24. The molecular weight excluding hydrogens is 326 g/mol. The van der Waals surface area contributed by atoms with Gasteiger partial charge in [0.15, 0.2) is 0 Å². The smallest absolute Gasteiger partial charge is 0.313 e. The van der Waals surface area contributed by atoms with E-state index in [0.717, 1.165) is 10.8 Å². The first kappa shape index (κ1) is 14.5. The van der Waals surface area contributed by atoms with Gasteiger partial charge in [-0.15, -0.1) is 10.1 Å². The molecule has 134 valence electrons. The Bertz CT molecular complexity index is 840. The number of carbonyl (C=O) groups excluding carboxylic acids is 1. The van der Waals surface area contributed by atoms with Gasteiger partial charge in [0.1, 0.15) is 5.75 Å². The van der Waals surface area contributed by atoms with Crippen molar-refractivity contribution < 1.29 is 28.3 Å². The summed E-state index contributed by atoms with van der Waals surface area (Å²) in [6.07, 6.45) is 0.634. The van der Waals surface area contributed by atoms with Crippen molar-refractivity contribution in [2.24, 2.45) is 0 Å². The Morgan fingerprint density at radius 1 is 1.20 bits per heavy atom. The average Bonchev–Trinajstić information content (AvgIpc) is 2.62. The molecule has 0 aliphatic rings. The van der Waals surface area contributed by atoms with Crippen LogP contribution in [0.1, 0.15) is 35.3 Å². The molecule has 0 saturated carbocycles. The van der Waals surface area contributed by atoms with Crippen molar-refractivity contribution in [2.75, 3.05) is 20.3 Å². The van der Waals surface area contributed by atoms with Crippen LogP contribution in [0.15, 0.2) is 36.4 Å². The maximum Gasteiger partial charge on any atom is 0.313 e. The maximum atomic E-state index is 12.4. The molecule has 0 spiro atoms. The number of hydrogen-bond donors (Lipinski definition) is 0. The van der Waals surface area contributed by atoms with Crippen LogP contribution in [0.3, 0.4) is 0 Å². The minimum Gasteiger partial charge on any atom is -0.497 e. The number of unbranched alkanes of at least 4 members (excludes halogenated alkanes) is 1. The zero-order valence-corrected chi connectivity index (χ0v) is 13.8. The SMILES string of the molecule is [2H]C([2H])([2H])[C@H](C(=O)OCCCCO[N+](=O)[O-])c1ccc2cc(OC)ccc2c1. The molecule has 0 unspecified atom stereocenters. The van der Waals surface area contributed by atoms with Gasteiger partial charge < -0.3 is 14.3 Å². The highest BCUT2D eigenvalue weighted by molar-refractivity contribution is 5.86. The summed E-state index contributed by atoms with van der Waals surface area (Å²) in [4.78, 5) is 26.6. The number of fused-ring (bicyclic) bond motifs is 1. The quantitative estimate of drug-likeness (QED) is 0.298. The van der Waals surface area contributed by atoms with Crippen molar-refractivity contribution in [3.8, 4) is 5.75 Å². The van der Waals surface area contributed by atoms with E-state index in [1.165, 1.54) is 0 Å². The van der Waals surface area contributed by atoms with Crippen LogP contribution < -0.4 is 4.74 Å². The fourth-order valence-corrected chi connectivity index (χ4v) is 2.28. The van der Waals surface area contributed by atoms with Gasteiger partial charge >= 0.3 is 5.97 Å². The molecule has 0 heterocycles. The lowest BCUT2D eigenvalue weighted by Gasteiger charge is -2.13. The lowest BCUT2D eigenvalue weighted by molar-refractivity contribution is -0.757. The molecule has 1 atom stereocenters. The normalized spacial score (nSPS) is 14.0. The zero-order valence-electron chi connectivity index (χ0n) is 16.8. The number of carbonyl (C=O) groups is 1. The van der Waals surface area contributed by atoms with E-state index in [9.17, 15) is 14.9 Å². The number of esters is 1. The highest BCUT2D eigenvalue weighted by Crippen LogP contribution is 2.25. The van der Waals surface area contributed by atoms with Crippen LogP contribution in [0.4, 0.5) is 0 Å². The first-order chi connectivity index (χ1) is 13.2. The largest absolute Gasteiger partial charge is 0.497 e. The van der Waals surface area contributed by atoms with E-state index in [2.05, 4.69) is 4.84 Å². The first-order valence-corrected chi connectivity index (χ1v) is 7.74. The van der Waals surface area contributed by atoms with Crippen molar-refractivity contribution in [2.45, 2.75) is 25.6 Å². The van der Waals surface area contributed by atoms with Crippen molar-refractivity contribution >= 4 is 16.7 Å². The van der Waals surface area contributed by atoms with Gasteiger partial charge in [-0.25, -0.2) is 0 Å². The van der Waals surface area contributed by atoms with Crippen molar-refractivity contribution in [1.82, 2.24) is 0 Å². The third-order valence-electron chi connectivity index (χ3n) is 3.62. The lowest BCUT2D eigenvalue weighted by Crippen LogP contribution is -2.14. The third kappa shape index (κ3) is 5.34. The van der Waals surface area contributed by atoms with E-state index >= 15 is 0 Å². The van der Waals surface area contributed by atoms with Crippen LogP contribution >= 0.6 is 0 Å². The Hall–Kier alpha value is -2.83. The molecule has 0 bridgehead atoms. The number of ether oxygens (including phenoxy) is 2. The molecule has 0 aliphatic carbocycles. The third-order valence-corrected chi connectivity index (χ3v) is 3.62. The standard InChI is InChI=1S/C18H21NO6/c1-13(18(20)24-9-3-4-10-25-19(21)22)14-5-6-16-12-17(23-2)8-7-15(16)11-14/h5-8,11-13H,3-4,9-10H2,1-2H3/t13-/m0/s1/i1D3. The number of benzene rings is 2. The van der Waals surface area contributed by atoms with Crippen LogP contribution in [0.2, 0.25) is 0 Å². The summed E-state index contributed by atoms with van der Waals surface area (Å²) in [6.45, 7) is -2.73. The molecule has 0 amide bonds. The van der Waals surface area contributed by atoms with Crippen LogP contribution in [0, 0.1) is 10.1 Å². The molecule has 0 fully saturated rings. The predicted octanol–water partition coefficient (Wildman–Crippen LogP) is 3.48. The monoisotopic (exact) mass is 350 g/mol. The fourth-order valence-electron chi connectivity index (χ4n) is 2.28. The maximum absolute atomic E-state index is 12.4. The van der Waals surface area contributed by atoms with Gasteiger partial charge in [-0.3, -0.25) is 4.79 Å². The van der Waals surface area contributed by atoms with Crippen molar-refractivity contribution in [1.29, 1.82) is 0 Å². The summed E-state index contributed by atoms with van der Waals surface area (Å²) in [6, 6.07) is 10.3. The molecule has 25 heavy (non-hydrogen) atoms. The van der Waals surface area contributed by atoms with Gasteiger partial charge in [-0.1, -0.05) is 24.3 Å². The van der Waals surface area contributed by atoms with E-state index in [4.69, 9.17) is 13.6 Å². The Kier molecular flexibility index (Phi) is 5.14. The van der Waals surface area contributed by atoms with E-state index in [-0.39, 0.29) is 13.2 Å². The van der Waals surface area contributed by atoms with Gasteiger partial charge in [0, 0.05) is 4.11 Å². The molecule has 0 aromatic heterocycles. The number of rotatable bonds is 9. The topological polar surface area (TPSA) is 87.9 Å². The molecule has 2 aromatic rings. The summed E-state index contributed by atoms with van der Waals surface area (Å²) < 4.78 is 33.5. The zero-order chi connectivity index (χ0) is 20.7. The average molecular weight is 350 g/mol. The Morgan fingerprint density at radius 2 is 1.92 bits per heavy atom.